The number of nitro benzene ring substituents is 1. The van der Waals surface area contributed by atoms with Crippen molar-refractivity contribution in [2.75, 3.05) is 5.23 Å². The molecule has 0 bridgehead atoms. The number of aryl methyl sites for hydroxylation is 1. The molecule has 0 radical (unpaired) electrons. The summed E-state index contributed by atoms with van der Waals surface area (Å²) in [4.78, 5) is 9.89. The highest BCUT2D eigenvalue weighted by Gasteiger charge is 2.11. The highest BCUT2D eigenvalue weighted by molar-refractivity contribution is 5.52. The molecule has 0 saturated carbocycles. The van der Waals surface area contributed by atoms with Gasteiger partial charge in [0.25, 0.3) is 5.69 Å². The van der Waals surface area contributed by atoms with E-state index in [1.165, 1.54) is 12.1 Å². The topological polar surface area (TPSA) is 86.8 Å². The first kappa shape index (κ1) is 10.4. The molecule has 1 rings (SSSR count). The van der Waals surface area contributed by atoms with Crippen molar-refractivity contribution in [3.05, 3.63) is 33.9 Å². The van der Waals surface area contributed by atoms with E-state index >= 15 is 0 Å². The molecule has 14 heavy (non-hydrogen) atoms. The summed E-state index contributed by atoms with van der Waals surface area (Å²) >= 11 is 0. The Bertz CT molecular complexity index is 351. The van der Waals surface area contributed by atoms with Gasteiger partial charge in [0.1, 0.15) is 5.69 Å². The molecule has 0 aliphatic carbocycles. The summed E-state index contributed by atoms with van der Waals surface area (Å²) in [6, 6.07) is 3.94. The van der Waals surface area contributed by atoms with Gasteiger partial charge in [-0.15, -0.1) is 5.23 Å². The van der Waals surface area contributed by atoms with E-state index in [0.717, 1.165) is 6.07 Å². The number of hydrogen-bond donors (Lipinski definition) is 2. The highest BCUT2D eigenvalue weighted by Crippen LogP contribution is 2.22. The Kier molecular flexibility index (Phi) is 3.00. The van der Waals surface area contributed by atoms with Crippen LogP contribution in [0.2, 0.25) is 0 Å². The minimum absolute atomic E-state index is 0.0175. The van der Waals surface area contributed by atoms with Crippen LogP contribution in [0.4, 0.5) is 11.4 Å². The molecule has 76 valence electrons. The third-order valence-electron chi connectivity index (χ3n) is 1.81. The number of non-ortho nitro benzene ring substituents is 1. The molecule has 1 aromatic carbocycles. The summed E-state index contributed by atoms with van der Waals surface area (Å²) in [5, 5.41) is 27.8. The van der Waals surface area contributed by atoms with Crippen LogP contribution >= 0.6 is 0 Å². The Hall–Kier alpha value is -1.66. The Morgan fingerprint density at radius 1 is 1.43 bits per heavy atom. The van der Waals surface area contributed by atoms with E-state index in [9.17, 15) is 10.1 Å². The minimum Gasteiger partial charge on any atom is -0.264 e. The van der Waals surface area contributed by atoms with Crippen LogP contribution in [0.15, 0.2) is 18.2 Å². The van der Waals surface area contributed by atoms with E-state index in [0.29, 0.717) is 12.0 Å². The number of rotatable bonds is 3. The lowest BCUT2D eigenvalue weighted by Crippen LogP contribution is -2.11. The van der Waals surface area contributed by atoms with Gasteiger partial charge in [0.2, 0.25) is 0 Å². The number of hydrogen-bond acceptors (Lipinski definition) is 5. The summed E-state index contributed by atoms with van der Waals surface area (Å²) in [7, 11) is 0. The van der Waals surface area contributed by atoms with Crippen molar-refractivity contribution in [3.8, 4) is 0 Å². The standard InChI is InChI=1S/C8H10N2O4/c1-2-6-3-7(9(11)12)5-8(4-6)10(13)14/h3-5,11-12H,2H2,1H3. The minimum atomic E-state index is -0.577. The van der Waals surface area contributed by atoms with E-state index in [1.807, 2.05) is 6.92 Å². The average molecular weight is 198 g/mol. The number of nitro groups is 1. The van der Waals surface area contributed by atoms with Crippen molar-refractivity contribution in [3.63, 3.8) is 0 Å². The zero-order chi connectivity index (χ0) is 10.7. The summed E-state index contributed by atoms with van der Waals surface area (Å²) in [5.74, 6) is 0. The van der Waals surface area contributed by atoms with Gasteiger partial charge in [0.05, 0.1) is 4.92 Å². The van der Waals surface area contributed by atoms with Crippen LogP contribution in [0.25, 0.3) is 0 Å². The fourth-order valence-corrected chi connectivity index (χ4v) is 1.08. The molecule has 0 aliphatic heterocycles. The van der Waals surface area contributed by atoms with E-state index in [-0.39, 0.29) is 16.6 Å². The van der Waals surface area contributed by atoms with E-state index < -0.39 is 4.92 Å². The molecule has 6 heteroatoms. The second kappa shape index (κ2) is 4.03. The van der Waals surface area contributed by atoms with Gasteiger partial charge in [0, 0.05) is 12.1 Å². The fraction of sp³-hybridized carbons (Fsp3) is 0.250. The van der Waals surface area contributed by atoms with Crippen molar-refractivity contribution in [1.29, 1.82) is 0 Å². The molecule has 0 heterocycles. The Morgan fingerprint density at radius 2 is 2.07 bits per heavy atom. The van der Waals surface area contributed by atoms with Crippen LogP contribution < -0.4 is 5.23 Å². The lowest BCUT2D eigenvalue weighted by molar-refractivity contribution is -0.384. The Labute approximate surface area is 80.1 Å². The first-order chi connectivity index (χ1) is 6.54. The maximum Gasteiger partial charge on any atom is 0.271 e. The van der Waals surface area contributed by atoms with Gasteiger partial charge < -0.3 is 0 Å². The van der Waals surface area contributed by atoms with Gasteiger partial charge in [-0.05, 0) is 18.1 Å². The molecule has 6 nitrogen and oxygen atoms in total. The molecule has 0 fully saturated rings. The third kappa shape index (κ3) is 2.18. The van der Waals surface area contributed by atoms with E-state index in [4.69, 9.17) is 10.4 Å². The predicted molar refractivity (Wildman–Crippen MR) is 48.5 cm³/mol. The quantitative estimate of drug-likeness (QED) is 0.570. The lowest BCUT2D eigenvalue weighted by Gasteiger charge is -2.08. The normalized spacial score (nSPS) is 9.93. The predicted octanol–water partition coefficient (Wildman–Crippen LogP) is 1.74. The molecule has 0 unspecified atom stereocenters. The zero-order valence-electron chi connectivity index (χ0n) is 7.54. The fourth-order valence-electron chi connectivity index (χ4n) is 1.08. The van der Waals surface area contributed by atoms with Crippen molar-refractivity contribution in [1.82, 2.24) is 0 Å². The van der Waals surface area contributed by atoms with Crippen LogP contribution in [-0.4, -0.2) is 15.3 Å². The van der Waals surface area contributed by atoms with Gasteiger partial charge in [-0.2, -0.15) is 0 Å². The first-order valence-corrected chi connectivity index (χ1v) is 4.01. The Balaban J connectivity index is 3.20. The van der Waals surface area contributed by atoms with Crippen molar-refractivity contribution in [2.24, 2.45) is 0 Å². The molecule has 0 amide bonds. The van der Waals surface area contributed by atoms with E-state index in [1.54, 1.807) is 0 Å². The SMILES string of the molecule is CCc1cc(N(O)O)cc([N+](=O)[O-])c1. The van der Waals surface area contributed by atoms with Gasteiger partial charge in [-0.3, -0.25) is 20.5 Å². The molecular weight excluding hydrogens is 188 g/mol. The first-order valence-electron chi connectivity index (χ1n) is 4.01. The van der Waals surface area contributed by atoms with Crippen LogP contribution in [0, 0.1) is 10.1 Å². The summed E-state index contributed by atoms with van der Waals surface area (Å²) in [6.45, 7) is 1.82. The Morgan fingerprint density at radius 3 is 2.50 bits per heavy atom. The van der Waals surface area contributed by atoms with Gasteiger partial charge in [0.15, 0.2) is 0 Å². The molecule has 1 aromatic rings. The van der Waals surface area contributed by atoms with E-state index in [2.05, 4.69) is 0 Å². The number of anilines is 1. The second-order valence-corrected chi connectivity index (χ2v) is 2.76. The van der Waals surface area contributed by atoms with Crippen LogP contribution in [0.1, 0.15) is 12.5 Å². The van der Waals surface area contributed by atoms with Crippen LogP contribution in [0.3, 0.4) is 0 Å². The molecular formula is C8H10N2O4. The molecule has 2 N–H and O–H groups in total. The summed E-state index contributed by atoms with van der Waals surface area (Å²) < 4.78 is 0. The molecule has 0 atom stereocenters. The smallest absolute Gasteiger partial charge is 0.264 e. The summed E-state index contributed by atoms with van der Waals surface area (Å²) in [6.07, 6.45) is 0.586. The maximum absolute atomic E-state index is 10.5. The molecule has 0 saturated heterocycles. The molecule has 0 aromatic heterocycles. The van der Waals surface area contributed by atoms with Gasteiger partial charge >= 0.3 is 0 Å². The zero-order valence-corrected chi connectivity index (χ0v) is 7.54. The molecule has 0 aliphatic rings. The average Bonchev–Trinajstić information content (AvgIpc) is 2.16. The lowest BCUT2D eigenvalue weighted by atomic mass is 10.1. The van der Waals surface area contributed by atoms with Crippen LogP contribution in [-0.2, 0) is 6.42 Å². The highest BCUT2D eigenvalue weighted by atomic mass is 16.8. The maximum atomic E-state index is 10.5. The van der Waals surface area contributed by atoms with Gasteiger partial charge in [-0.1, -0.05) is 6.92 Å². The number of benzene rings is 1. The second-order valence-electron chi connectivity index (χ2n) is 2.76. The monoisotopic (exact) mass is 198 g/mol. The summed E-state index contributed by atoms with van der Waals surface area (Å²) in [5.41, 5.74) is 0.491. The largest absolute Gasteiger partial charge is 0.271 e. The molecule has 0 spiro atoms. The van der Waals surface area contributed by atoms with Gasteiger partial charge in [-0.25, -0.2) is 0 Å². The van der Waals surface area contributed by atoms with Crippen molar-refractivity contribution in [2.45, 2.75) is 13.3 Å². The number of nitrogens with zero attached hydrogens (tertiary/aromatic N) is 2. The van der Waals surface area contributed by atoms with Crippen molar-refractivity contribution >= 4 is 11.4 Å². The van der Waals surface area contributed by atoms with Crippen LogP contribution in [0.5, 0.6) is 0 Å². The van der Waals surface area contributed by atoms with Crippen molar-refractivity contribution < 1.29 is 15.3 Å². The third-order valence-corrected chi connectivity index (χ3v) is 1.81.